The molecule has 96 valence electrons. The number of aliphatic hydroxyl groups excluding tert-OH is 1. The van der Waals surface area contributed by atoms with E-state index in [9.17, 15) is 9.90 Å². The molecule has 1 atom stereocenters. The van der Waals surface area contributed by atoms with E-state index in [1.54, 1.807) is 29.2 Å². The highest BCUT2D eigenvalue weighted by Gasteiger charge is 2.22. The minimum absolute atomic E-state index is 0.113. The van der Waals surface area contributed by atoms with Crippen molar-refractivity contribution in [1.29, 1.82) is 0 Å². The van der Waals surface area contributed by atoms with E-state index in [0.29, 0.717) is 29.6 Å². The van der Waals surface area contributed by atoms with Crippen LogP contribution in [0.25, 0.3) is 6.08 Å². The van der Waals surface area contributed by atoms with Gasteiger partial charge in [-0.1, -0.05) is 29.3 Å². The number of benzene rings is 1. The number of carbonyl (C=O) groups is 1. The van der Waals surface area contributed by atoms with Crippen LogP contribution in [-0.4, -0.2) is 35.1 Å². The Hall–Kier alpha value is -1.03. The fraction of sp³-hybridized carbons (Fsp3) is 0.308. The van der Waals surface area contributed by atoms with E-state index in [1.165, 1.54) is 6.08 Å². The lowest BCUT2D eigenvalue weighted by atomic mass is 10.2. The normalized spacial score (nSPS) is 19.7. The van der Waals surface area contributed by atoms with E-state index in [4.69, 9.17) is 23.2 Å². The van der Waals surface area contributed by atoms with Gasteiger partial charge in [-0.05, 0) is 30.2 Å². The minimum Gasteiger partial charge on any atom is -0.391 e. The molecule has 1 saturated heterocycles. The van der Waals surface area contributed by atoms with E-state index in [0.717, 1.165) is 5.56 Å². The standard InChI is InChI=1S/C13H13Cl2NO2/c14-10-3-1-9(12(15)7-10)2-4-13(18)16-6-5-11(17)8-16/h1-4,7,11,17H,5-6,8H2/t11-/m0/s1. The first kappa shape index (κ1) is 13.4. The SMILES string of the molecule is O=C(C=Cc1ccc(Cl)cc1Cl)N1CC[C@H](O)C1. The maximum absolute atomic E-state index is 11.8. The third kappa shape index (κ3) is 3.25. The van der Waals surface area contributed by atoms with Gasteiger partial charge in [0, 0.05) is 29.2 Å². The summed E-state index contributed by atoms with van der Waals surface area (Å²) in [7, 11) is 0. The van der Waals surface area contributed by atoms with Crippen LogP contribution in [0.5, 0.6) is 0 Å². The Morgan fingerprint density at radius 1 is 1.44 bits per heavy atom. The molecule has 1 N–H and O–H groups in total. The molecule has 0 radical (unpaired) electrons. The van der Waals surface area contributed by atoms with Crippen molar-refractivity contribution >= 4 is 35.2 Å². The smallest absolute Gasteiger partial charge is 0.246 e. The van der Waals surface area contributed by atoms with E-state index in [1.807, 2.05) is 0 Å². The van der Waals surface area contributed by atoms with Crippen LogP contribution in [0.15, 0.2) is 24.3 Å². The van der Waals surface area contributed by atoms with Crippen LogP contribution < -0.4 is 0 Å². The molecule has 1 aliphatic heterocycles. The van der Waals surface area contributed by atoms with E-state index < -0.39 is 6.10 Å². The first-order valence-electron chi connectivity index (χ1n) is 5.66. The minimum atomic E-state index is -0.401. The zero-order valence-corrected chi connectivity index (χ0v) is 11.2. The molecule has 1 aromatic rings. The summed E-state index contributed by atoms with van der Waals surface area (Å²) in [5, 5.41) is 10.4. The van der Waals surface area contributed by atoms with Crippen LogP contribution in [0.1, 0.15) is 12.0 Å². The predicted molar refractivity (Wildman–Crippen MR) is 72.7 cm³/mol. The van der Waals surface area contributed by atoms with Crippen LogP contribution in [0.3, 0.4) is 0 Å². The summed E-state index contributed by atoms with van der Waals surface area (Å²) in [6.07, 6.45) is 3.36. The Morgan fingerprint density at radius 2 is 2.22 bits per heavy atom. The van der Waals surface area contributed by atoms with Gasteiger partial charge in [0.15, 0.2) is 0 Å². The molecular formula is C13H13Cl2NO2. The molecule has 1 fully saturated rings. The van der Waals surface area contributed by atoms with Crippen LogP contribution in [0, 0.1) is 0 Å². The van der Waals surface area contributed by atoms with E-state index >= 15 is 0 Å². The molecule has 18 heavy (non-hydrogen) atoms. The third-order valence-corrected chi connectivity index (χ3v) is 3.41. The summed E-state index contributed by atoms with van der Waals surface area (Å²) < 4.78 is 0. The Kier molecular flexibility index (Phi) is 4.27. The molecular weight excluding hydrogens is 273 g/mol. The molecule has 1 amide bonds. The number of β-amino-alcohol motifs (C(OH)–C–C–N with tert-alkyl or cyclic N) is 1. The molecule has 2 rings (SSSR count). The second-order valence-electron chi connectivity index (χ2n) is 4.23. The maximum Gasteiger partial charge on any atom is 0.246 e. The summed E-state index contributed by atoms with van der Waals surface area (Å²) in [5.74, 6) is -0.113. The number of nitrogens with zero attached hydrogens (tertiary/aromatic N) is 1. The highest BCUT2D eigenvalue weighted by atomic mass is 35.5. The van der Waals surface area contributed by atoms with Gasteiger partial charge in [-0.2, -0.15) is 0 Å². The Labute approximate surface area is 116 Å². The molecule has 0 bridgehead atoms. The van der Waals surface area contributed by atoms with Gasteiger partial charge in [0.05, 0.1) is 6.10 Å². The van der Waals surface area contributed by atoms with E-state index in [2.05, 4.69) is 0 Å². The largest absolute Gasteiger partial charge is 0.391 e. The van der Waals surface area contributed by atoms with Gasteiger partial charge in [0.25, 0.3) is 0 Å². The van der Waals surface area contributed by atoms with Crippen LogP contribution in [0.4, 0.5) is 0 Å². The lowest BCUT2D eigenvalue weighted by Gasteiger charge is -2.12. The number of hydrogen-bond acceptors (Lipinski definition) is 2. The number of halogens is 2. The second kappa shape index (κ2) is 5.74. The van der Waals surface area contributed by atoms with Crippen molar-refractivity contribution in [3.8, 4) is 0 Å². The molecule has 1 aliphatic rings. The van der Waals surface area contributed by atoms with Crippen LogP contribution in [0.2, 0.25) is 10.0 Å². The molecule has 0 aromatic heterocycles. The van der Waals surface area contributed by atoms with Gasteiger partial charge >= 0.3 is 0 Å². The highest BCUT2D eigenvalue weighted by molar-refractivity contribution is 6.35. The highest BCUT2D eigenvalue weighted by Crippen LogP contribution is 2.22. The molecule has 5 heteroatoms. The van der Waals surface area contributed by atoms with Crippen molar-refractivity contribution in [3.63, 3.8) is 0 Å². The Morgan fingerprint density at radius 3 is 2.83 bits per heavy atom. The number of carbonyl (C=O) groups excluding carboxylic acids is 1. The third-order valence-electron chi connectivity index (χ3n) is 2.84. The van der Waals surface area contributed by atoms with Crippen molar-refractivity contribution in [2.45, 2.75) is 12.5 Å². The fourth-order valence-electron chi connectivity index (χ4n) is 1.85. The number of aliphatic hydroxyl groups is 1. The number of rotatable bonds is 2. The quantitative estimate of drug-likeness (QED) is 0.849. The molecule has 0 saturated carbocycles. The molecule has 1 heterocycles. The summed E-state index contributed by atoms with van der Waals surface area (Å²) in [6, 6.07) is 5.11. The average Bonchev–Trinajstić information content (AvgIpc) is 2.74. The fourth-order valence-corrected chi connectivity index (χ4v) is 2.32. The number of likely N-dealkylation sites (tertiary alicyclic amines) is 1. The molecule has 0 aliphatic carbocycles. The van der Waals surface area contributed by atoms with Crippen molar-refractivity contribution in [2.75, 3.05) is 13.1 Å². The summed E-state index contributed by atoms with van der Waals surface area (Å²) in [6.45, 7) is 0.996. The summed E-state index contributed by atoms with van der Waals surface area (Å²) in [5.41, 5.74) is 0.745. The zero-order chi connectivity index (χ0) is 13.1. The average molecular weight is 286 g/mol. The molecule has 1 aromatic carbocycles. The van der Waals surface area contributed by atoms with Crippen molar-refractivity contribution < 1.29 is 9.90 Å². The second-order valence-corrected chi connectivity index (χ2v) is 5.07. The first-order chi connectivity index (χ1) is 8.56. The van der Waals surface area contributed by atoms with Crippen LogP contribution in [-0.2, 0) is 4.79 Å². The number of amides is 1. The van der Waals surface area contributed by atoms with Gasteiger partial charge < -0.3 is 10.0 Å². The Bertz CT molecular complexity index is 488. The summed E-state index contributed by atoms with van der Waals surface area (Å²) >= 11 is 11.8. The van der Waals surface area contributed by atoms with Gasteiger partial charge in [0.2, 0.25) is 5.91 Å². The molecule has 0 unspecified atom stereocenters. The Balaban J connectivity index is 2.04. The lowest BCUT2D eigenvalue weighted by molar-refractivity contribution is -0.125. The van der Waals surface area contributed by atoms with Crippen molar-refractivity contribution in [1.82, 2.24) is 4.90 Å². The van der Waals surface area contributed by atoms with Crippen LogP contribution >= 0.6 is 23.2 Å². The van der Waals surface area contributed by atoms with E-state index in [-0.39, 0.29) is 5.91 Å². The first-order valence-corrected chi connectivity index (χ1v) is 6.42. The zero-order valence-electron chi connectivity index (χ0n) is 9.64. The lowest BCUT2D eigenvalue weighted by Crippen LogP contribution is -2.27. The topological polar surface area (TPSA) is 40.5 Å². The van der Waals surface area contributed by atoms with Gasteiger partial charge in [0.1, 0.15) is 0 Å². The van der Waals surface area contributed by atoms with Crippen molar-refractivity contribution in [3.05, 3.63) is 39.9 Å². The maximum atomic E-state index is 11.8. The molecule has 0 spiro atoms. The summed E-state index contributed by atoms with van der Waals surface area (Å²) in [4.78, 5) is 13.4. The van der Waals surface area contributed by atoms with Gasteiger partial charge in [-0.25, -0.2) is 0 Å². The number of hydrogen-bond donors (Lipinski definition) is 1. The van der Waals surface area contributed by atoms with Gasteiger partial charge in [-0.3, -0.25) is 4.79 Å². The predicted octanol–water partition coefficient (Wildman–Crippen LogP) is 2.60. The van der Waals surface area contributed by atoms with Crippen molar-refractivity contribution in [2.24, 2.45) is 0 Å². The van der Waals surface area contributed by atoms with Gasteiger partial charge in [-0.15, -0.1) is 0 Å². The molecule has 3 nitrogen and oxygen atoms in total. The monoisotopic (exact) mass is 285 g/mol.